The summed E-state index contributed by atoms with van der Waals surface area (Å²) in [5, 5.41) is 11.7. The normalized spacial score (nSPS) is 17.9. The predicted octanol–water partition coefficient (Wildman–Crippen LogP) is -0.0154. The van der Waals surface area contributed by atoms with Crippen LogP contribution in [0.2, 0.25) is 0 Å². The van der Waals surface area contributed by atoms with E-state index in [1.807, 2.05) is 11.8 Å². The van der Waals surface area contributed by atoms with Crippen molar-refractivity contribution in [2.75, 3.05) is 39.4 Å². The molecule has 1 amide bonds. The lowest BCUT2D eigenvalue weighted by molar-refractivity contribution is -0.135. The fraction of sp³-hybridized carbons (Fsp3) is 0.818. The van der Waals surface area contributed by atoms with Gasteiger partial charge in [-0.15, -0.1) is 0 Å². The second-order valence-corrected chi connectivity index (χ2v) is 3.98. The van der Waals surface area contributed by atoms with Crippen molar-refractivity contribution in [3.63, 3.8) is 0 Å². The van der Waals surface area contributed by atoms with Gasteiger partial charge in [0, 0.05) is 32.6 Å². The summed E-state index contributed by atoms with van der Waals surface area (Å²) in [5.41, 5.74) is 0. The van der Waals surface area contributed by atoms with Crippen LogP contribution < -0.4 is 5.32 Å². The number of nitrogens with zero attached hydrogens (tertiary/aromatic N) is 2. The highest BCUT2D eigenvalue weighted by Gasteiger charge is 2.15. The van der Waals surface area contributed by atoms with E-state index >= 15 is 0 Å². The third-order valence-electron chi connectivity index (χ3n) is 2.55. The molecule has 90 valence electrons. The zero-order chi connectivity index (χ0) is 11.8. The Balaban J connectivity index is 2.08. The number of rotatable bonds is 5. The minimum Gasteiger partial charge on any atom is -0.378 e. The SMILES string of the molecule is CC(C#N)CNCCC(=O)N1CCOCC1. The van der Waals surface area contributed by atoms with Gasteiger partial charge in [0.05, 0.1) is 25.2 Å². The number of hydrogen-bond donors (Lipinski definition) is 1. The molecular weight excluding hydrogens is 206 g/mol. The van der Waals surface area contributed by atoms with Gasteiger partial charge in [-0.05, 0) is 6.92 Å². The molecule has 1 rings (SSSR count). The molecule has 0 spiro atoms. The molecule has 1 aliphatic rings. The number of morpholine rings is 1. The van der Waals surface area contributed by atoms with Crippen molar-refractivity contribution in [3.05, 3.63) is 0 Å². The lowest BCUT2D eigenvalue weighted by atomic mass is 10.2. The highest BCUT2D eigenvalue weighted by molar-refractivity contribution is 5.76. The number of carbonyl (C=O) groups is 1. The smallest absolute Gasteiger partial charge is 0.224 e. The van der Waals surface area contributed by atoms with Crippen LogP contribution in [0.25, 0.3) is 0 Å². The van der Waals surface area contributed by atoms with Crippen molar-refractivity contribution < 1.29 is 9.53 Å². The summed E-state index contributed by atoms with van der Waals surface area (Å²) in [4.78, 5) is 13.5. The molecule has 0 aromatic carbocycles. The Hall–Kier alpha value is -1.12. The Kier molecular flexibility index (Phi) is 5.83. The van der Waals surface area contributed by atoms with Gasteiger partial charge in [-0.2, -0.15) is 5.26 Å². The van der Waals surface area contributed by atoms with Crippen LogP contribution in [0.5, 0.6) is 0 Å². The van der Waals surface area contributed by atoms with Crippen LogP contribution in [0.4, 0.5) is 0 Å². The predicted molar refractivity (Wildman–Crippen MR) is 59.7 cm³/mol. The largest absolute Gasteiger partial charge is 0.378 e. The summed E-state index contributed by atoms with van der Waals surface area (Å²) in [7, 11) is 0. The molecule has 1 heterocycles. The first kappa shape index (κ1) is 12.9. The molecule has 16 heavy (non-hydrogen) atoms. The topological polar surface area (TPSA) is 65.4 Å². The van der Waals surface area contributed by atoms with E-state index in [0.717, 1.165) is 0 Å². The van der Waals surface area contributed by atoms with E-state index < -0.39 is 0 Å². The number of nitrogens with one attached hydrogen (secondary N) is 1. The fourth-order valence-electron chi connectivity index (χ4n) is 1.53. The molecule has 1 unspecified atom stereocenters. The zero-order valence-corrected chi connectivity index (χ0v) is 9.74. The van der Waals surface area contributed by atoms with Crippen LogP contribution in [-0.4, -0.2) is 50.2 Å². The van der Waals surface area contributed by atoms with Crippen molar-refractivity contribution in [2.24, 2.45) is 5.92 Å². The van der Waals surface area contributed by atoms with Crippen LogP contribution in [0.3, 0.4) is 0 Å². The number of carbonyl (C=O) groups excluding carboxylic acids is 1. The number of ether oxygens (including phenoxy) is 1. The minimum absolute atomic E-state index is 0.00140. The first-order valence-electron chi connectivity index (χ1n) is 5.70. The molecule has 0 aromatic heterocycles. The Morgan fingerprint density at radius 1 is 1.56 bits per heavy atom. The Morgan fingerprint density at radius 3 is 2.88 bits per heavy atom. The minimum atomic E-state index is -0.00140. The van der Waals surface area contributed by atoms with E-state index in [0.29, 0.717) is 45.8 Å². The van der Waals surface area contributed by atoms with Gasteiger partial charge in [-0.25, -0.2) is 0 Å². The first-order valence-corrected chi connectivity index (χ1v) is 5.70. The number of hydrogen-bond acceptors (Lipinski definition) is 4. The molecule has 0 aromatic rings. The molecule has 0 aliphatic carbocycles. The van der Waals surface area contributed by atoms with Gasteiger partial charge in [0.15, 0.2) is 0 Å². The van der Waals surface area contributed by atoms with E-state index in [9.17, 15) is 4.79 Å². The number of nitriles is 1. The summed E-state index contributed by atoms with van der Waals surface area (Å²) < 4.78 is 5.18. The van der Waals surface area contributed by atoms with E-state index in [2.05, 4.69) is 11.4 Å². The Labute approximate surface area is 96.4 Å². The number of amides is 1. The molecule has 0 saturated carbocycles. The second kappa shape index (κ2) is 7.20. The molecule has 1 saturated heterocycles. The molecule has 0 bridgehead atoms. The third-order valence-corrected chi connectivity index (χ3v) is 2.55. The maximum atomic E-state index is 11.7. The van der Waals surface area contributed by atoms with Crippen molar-refractivity contribution in [3.8, 4) is 6.07 Å². The quantitative estimate of drug-likeness (QED) is 0.668. The zero-order valence-electron chi connectivity index (χ0n) is 9.74. The van der Waals surface area contributed by atoms with Gasteiger partial charge in [0.25, 0.3) is 0 Å². The van der Waals surface area contributed by atoms with E-state index in [4.69, 9.17) is 10.00 Å². The van der Waals surface area contributed by atoms with Gasteiger partial charge in [-0.1, -0.05) is 0 Å². The van der Waals surface area contributed by atoms with Crippen LogP contribution in [-0.2, 0) is 9.53 Å². The van der Waals surface area contributed by atoms with Crippen LogP contribution in [0.15, 0.2) is 0 Å². The van der Waals surface area contributed by atoms with Gasteiger partial charge in [0.1, 0.15) is 0 Å². The van der Waals surface area contributed by atoms with Crippen molar-refractivity contribution in [2.45, 2.75) is 13.3 Å². The molecule has 1 atom stereocenters. The lowest BCUT2D eigenvalue weighted by Crippen LogP contribution is -2.41. The average Bonchev–Trinajstić information content (AvgIpc) is 2.35. The monoisotopic (exact) mass is 225 g/mol. The van der Waals surface area contributed by atoms with Crippen molar-refractivity contribution in [1.82, 2.24) is 10.2 Å². The molecule has 1 aliphatic heterocycles. The molecular formula is C11H19N3O2. The molecule has 5 heteroatoms. The summed E-state index contributed by atoms with van der Waals surface area (Å²) in [6, 6.07) is 2.14. The fourth-order valence-corrected chi connectivity index (χ4v) is 1.53. The maximum absolute atomic E-state index is 11.7. The summed E-state index contributed by atoms with van der Waals surface area (Å²) >= 11 is 0. The van der Waals surface area contributed by atoms with Gasteiger partial charge in [0.2, 0.25) is 5.91 Å². The maximum Gasteiger partial charge on any atom is 0.224 e. The average molecular weight is 225 g/mol. The van der Waals surface area contributed by atoms with Gasteiger partial charge >= 0.3 is 0 Å². The Bertz CT molecular complexity index is 256. The highest BCUT2D eigenvalue weighted by atomic mass is 16.5. The van der Waals surface area contributed by atoms with Gasteiger partial charge < -0.3 is 15.0 Å². The summed E-state index contributed by atoms with van der Waals surface area (Å²) in [6.07, 6.45) is 0.498. The Morgan fingerprint density at radius 2 is 2.25 bits per heavy atom. The third kappa shape index (κ3) is 4.60. The van der Waals surface area contributed by atoms with Crippen molar-refractivity contribution in [1.29, 1.82) is 5.26 Å². The molecule has 1 fully saturated rings. The molecule has 0 radical (unpaired) electrons. The standard InChI is InChI=1S/C11H19N3O2/c1-10(8-12)9-13-3-2-11(15)14-4-6-16-7-5-14/h10,13H,2-7,9H2,1H3. The van der Waals surface area contributed by atoms with E-state index in [1.165, 1.54) is 0 Å². The van der Waals surface area contributed by atoms with Crippen LogP contribution >= 0.6 is 0 Å². The molecule has 5 nitrogen and oxygen atoms in total. The molecule has 1 N–H and O–H groups in total. The van der Waals surface area contributed by atoms with E-state index in [-0.39, 0.29) is 11.8 Å². The second-order valence-electron chi connectivity index (χ2n) is 3.98. The van der Waals surface area contributed by atoms with Gasteiger partial charge in [-0.3, -0.25) is 4.79 Å². The summed E-state index contributed by atoms with van der Waals surface area (Å²) in [5.74, 6) is 0.166. The van der Waals surface area contributed by atoms with Crippen LogP contribution in [0.1, 0.15) is 13.3 Å². The summed E-state index contributed by atoms with van der Waals surface area (Å²) in [6.45, 7) is 5.84. The first-order chi connectivity index (χ1) is 7.74. The van der Waals surface area contributed by atoms with Crippen LogP contribution in [0, 0.1) is 17.2 Å². The van der Waals surface area contributed by atoms with E-state index in [1.54, 1.807) is 0 Å². The highest BCUT2D eigenvalue weighted by Crippen LogP contribution is 1.99. The lowest BCUT2D eigenvalue weighted by Gasteiger charge is -2.26. The van der Waals surface area contributed by atoms with Crippen molar-refractivity contribution >= 4 is 5.91 Å².